The van der Waals surface area contributed by atoms with Crippen LogP contribution in [-0.2, 0) is 0 Å². The Kier molecular flexibility index (Phi) is 3.30. The summed E-state index contributed by atoms with van der Waals surface area (Å²) in [6.45, 7) is 4.94. The Hall–Kier alpha value is -0.120. The molecular weight excluding hydrogens is 142 g/mol. The zero-order valence-electron chi connectivity index (χ0n) is 7.03. The zero-order chi connectivity index (χ0) is 8.27. The fraction of sp³-hybridized carbons (Fsp3) is 1.00. The van der Waals surface area contributed by atoms with Crippen LogP contribution in [0.15, 0.2) is 0 Å². The first-order valence-electron chi connectivity index (χ1n) is 4.32. The Labute approximate surface area is 67.6 Å². The van der Waals surface area contributed by atoms with Gasteiger partial charge in [-0.1, -0.05) is 6.92 Å². The molecule has 1 fully saturated rings. The average Bonchev–Trinajstić information content (AvgIpc) is 2.16. The Morgan fingerprint density at radius 1 is 1.18 bits per heavy atom. The number of aliphatic hydroxyl groups is 2. The largest absolute Gasteiger partial charge is 0.390 e. The highest BCUT2D eigenvalue weighted by Gasteiger charge is 2.21. The van der Waals surface area contributed by atoms with Crippen LogP contribution in [0.5, 0.6) is 0 Å². The Morgan fingerprint density at radius 3 is 2.00 bits per heavy atom. The number of nitrogens with zero attached hydrogens (tertiary/aromatic N) is 1. The second-order valence-corrected chi connectivity index (χ2v) is 3.15. The van der Waals surface area contributed by atoms with E-state index >= 15 is 0 Å². The van der Waals surface area contributed by atoms with Gasteiger partial charge in [0.25, 0.3) is 0 Å². The fourth-order valence-corrected chi connectivity index (χ4v) is 1.44. The fourth-order valence-electron chi connectivity index (χ4n) is 1.44. The van der Waals surface area contributed by atoms with Gasteiger partial charge >= 0.3 is 0 Å². The molecule has 0 aliphatic carbocycles. The van der Waals surface area contributed by atoms with E-state index in [1.807, 2.05) is 0 Å². The molecule has 1 aliphatic heterocycles. The van der Waals surface area contributed by atoms with Gasteiger partial charge in [0.15, 0.2) is 0 Å². The van der Waals surface area contributed by atoms with E-state index in [2.05, 4.69) is 11.8 Å². The second-order valence-electron chi connectivity index (χ2n) is 3.15. The molecule has 1 saturated heterocycles. The molecule has 0 bridgehead atoms. The van der Waals surface area contributed by atoms with Crippen molar-refractivity contribution in [3.05, 3.63) is 0 Å². The number of rotatable bonds is 1. The van der Waals surface area contributed by atoms with E-state index < -0.39 is 12.2 Å². The van der Waals surface area contributed by atoms with Crippen LogP contribution in [0, 0.1) is 0 Å². The van der Waals surface area contributed by atoms with Crippen molar-refractivity contribution >= 4 is 0 Å². The molecule has 0 aromatic rings. The van der Waals surface area contributed by atoms with Crippen LogP contribution in [0.3, 0.4) is 0 Å². The molecule has 2 atom stereocenters. The number of hydrogen-bond acceptors (Lipinski definition) is 3. The van der Waals surface area contributed by atoms with Crippen molar-refractivity contribution in [2.24, 2.45) is 0 Å². The van der Waals surface area contributed by atoms with Crippen LogP contribution in [0.4, 0.5) is 0 Å². The molecule has 0 radical (unpaired) electrons. The lowest BCUT2D eigenvalue weighted by atomic mass is 10.1. The van der Waals surface area contributed by atoms with Crippen LogP contribution < -0.4 is 0 Å². The molecule has 1 rings (SSSR count). The van der Waals surface area contributed by atoms with E-state index in [9.17, 15) is 10.2 Å². The molecule has 11 heavy (non-hydrogen) atoms. The maximum Gasteiger partial charge on any atom is 0.0811 e. The monoisotopic (exact) mass is 159 g/mol. The summed E-state index contributed by atoms with van der Waals surface area (Å²) in [4.78, 5) is 2.25. The predicted octanol–water partition coefficient (Wildman–Crippen LogP) is -0.176. The van der Waals surface area contributed by atoms with Crippen molar-refractivity contribution in [3.8, 4) is 0 Å². The molecule has 0 spiro atoms. The third-order valence-corrected chi connectivity index (χ3v) is 2.37. The first-order chi connectivity index (χ1) is 5.24. The molecule has 2 N–H and O–H groups in total. The highest BCUT2D eigenvalue weighted by Crippen LogP contribution is 2.10. The van der Waals surface area contributed by atoms with Gasteiger partial charge in [-0.25, -0.2) is 0 Å². The summed E-state index contributed by atoms with van der Waals surface area (Å²) in [7, 11) is 0. The predicted molar refractivity (Wildman–Crippen MR) is 43.4 cm³/mol. The van der Waals surface area contributed by atoms with Gasteiger partial charge in [-0.3, -0.25) is 0 Å². The van der Waals surface area contributed by atoms with Crippen molar-refractivity contribution in [1.82, 2.24) is 4.90 Å². The Balaban J connectivity index is 2.38. The van der Waals surface area contributed by atoms with E-state index in [1.165, 1.54) is 0 Å². The van der Waals surface area contributed by atoms with Crippen molar-refractivity contribution < 1.29 is 10.2 Å². The zero-order valence-corrected chi connectivity index (χ0v) is 7.03. The average molecular weight is 159 g/mol. The standard InChI is InChI=1S/C8H17NO2/c1-2-9-5-3-7(10)8(11)4-6-9/h7-8,10-11H,2-6H2,1H3. The van der Waals surface area contributed by atoms with E-state index in [0.717, 1.165) is 19.6 Å². The number of hydrogen-bond donors (Lipinski definition) is 2. The summed E-state index contributed by atoms with van der Waals surface area (Å²) in [5, 5.41) is 18.6. The van der Waals surface area contributed by atoms with Gasteiger partial charge < -0.3 is 15.1 Å². The van der Waals surface area contributed by atoms with Crippen LogP contribution in [0.25, 0.3) is 0 Å². The quantitative estimate of drug-likeness (QED) is 0.558. The molecule has 1 aliphatic rings. The Bertz CT molecular complexity index is 107. The number of likely N-dealkylation sites (tertiary alicyclic amines) is 1. The molecule has 0 saturated carbocycles. The molecule has 0 aromatic carbocycles. The highest BCUT2D eigenvalue weighted by molar-refractivity contribution is 4.75. The summed E-state index contributed by atoms with van der Waals surface area (Å²) in [6.07, 6.45) is 0.391. The van der Waals surface area contributed by atoms with Crippen LogP contribution in [-0.4, -0.2) is 47.0 Å². The SMILES string of the molecule is CCN1CCC(O)C(O)CC1. The summed E-state index contributed by atoms with van der Waals surface area (Å²) < 4.78 is 0. The van der Waals surface area contributed by atoms with Gasteiger partial charge in [0.1, 0.15) is 0 Å². The molecule has 66 valence electrons. The van der Waals surface area contributed by atoms with Gasteiger partial charge in [-0.2, -0.15) is 0 Å². The first-order valence-corrected chi connectivity index (χ1v) is 4.32. The lowest BCUT2D eigenvalue weighted by Crippen LogP contribution is -2.24. The van der Waals surface area contributed by atoms with E-state index in [0.29, 0.717) is 12.8 Å². The molecule has 0 amide bonds. The minimum Gasteiger partial charge on any atom is -0.390 e. The van der Waals surface area contributed by atoms with Crippen molar-refractivity contribution in [2.45, 2.75) is 32.0 Å². The molecule has 2 unspecified atom stereocenters. The van der Waals surface area contributed by atoms with Crippen LogP contribution in [0.2, 0.25) is 0 Å². The summed E-state index contributed by atoms with van der Waals surface area (Å²) >= 11 is 0. The van der Waals surface area contributed by atoms with Crippen molar-refractivity contribution in [3.63, 3.8) is 0 Å². The molecule has 3 heteroatoms. The van der Waals surface area contributed by atoms with Gasteiger partial charge in [0.05, 0.1) is 12.2 Å². The highest BCUT2D eigenvalue weighted by atomic mass is 16.3. The van der Waals surface area contributed by atoms with Gasteiger partial charge in [-0.15, -0.1) is 0 Å². The summed E-state index contributed by atoms with van der Waals surface area (Å²) in [5.74, 6) is 0. The minimum absolute atomic E-state index is 0.508. The lowest BCUT2D eigenvalue weighted by molar-refractivity contribution is 0.0187. The third-order valence-electron chi connectivity index (χ3n) is 2.37. The van der Waals surface area contributed by atoms with Crippen LogP contribution >= 0.6 is 0 Å². The molecular formula is C8H17NO2. The van der Waals surface area contributed by atoms with E-state index in [4.69, 9.17) is 0 Å². The van der Waals surface area contributed by atoms with Gasteiger partial charge in [-0.05, 0) is 19.4 Å². The second kappa shape index (κ2) is 4.04. The third kappa shape index (κ3) is 2.43. The smallest absolute Gasteiger partial charge is 0.0811 e. The molecule has 3 nitrogen and oxygen atoms in total. The van der Waals surface area contributed by atoms with Gasteiger partial charge in [0, 0.05) is 13.1 Å². The topological polar surface area (TPSA) is 43.7 Å². The lowest BCUT2D eigenvalue weighted by Gasteiger charge is -2.16. The van der Waals surface area contributed by atoms with E-state index in [-0.39, 0.29) is 0 Å². The molecule has 0 aromatic heterocycles. The van der Waals surface area contributed by atoms with Crippen molar-refractivity contribution in [2.75, 3.05) is 19.6 Å². The van der Waals surface area contributed by atoms with Crippen molar-refractivity contribution in [1.29, 1.82) is 0 Å². The van der Waals surface area contributed by atoms with E-state index in [1.54, 1.807) is 0 Å². The maximum atomic E-state index is 9.29. The maximum absolute atomic E-state index is 9.29. The first kappa shape index (κ1) is 8.97. The summed E-state index contributed by atoms with van der Waals surface area (Å²) in [5.41, 5.74) is 0. The summed E-state index contributed by atoms with van der Waals surface area (Å²) in [6, 6.07) is 0. The molecule has 1 heterocycles. The Morgan fingerprint density at radius 2 is 1.64 bits per heavy atom. The van der Waals surface area contributed by atoms with Gasteiger partial charge in [0.2, 0.25) is 0 Å². The number of aliphatic hydroxyl groups excluding tert-OH is 2. The van der Waals surface area contributed by atoms with Crippen LogP contribution in [0.1, 0.15) is 19.8 Å². The normalized spacial score (nSPS) is 35.2. The minimum atomic E-state index is -0.508.